The summed E-state index contributed by atoms with van der Waals surface area (Å²) < 4.78 is 69.1. The normalized spacial score (nSPS) is 13.8. The molecular formula is C90H176O17P2. The van der Waals surface area contributed by atoms with Crippen LogP contribution in [0, 0.1) is 11.8 Å². The first-order valence-corrected chi connectivity index (χ1v) is 49.5. The third-order valence-electron chi connectivity index (χ3n) is 21.2. The highest BCUT2D eigenvalue weighted by molar-refractivity contribution is 7.47. The molecule has 0 bridgehead atoms. The highest BCUT2D eigenvalue weighted by atomic mass is 31.2. The summed E-state index contributed by atoms with van der Waals surface area (Å²) in [5.74, 6) is -0.480. The molecule has 109 heavy (non-hydrogen) atoms. The number of esters is 4. The van der Waals surface area contributed by atoms with Gasteiger partial charge in [0.2, 0.25) is 0 Å². The standard InChI is InChI=1S/C90H176O17P2/c1-7-9-11-13-15-17-19-21-22-23-24-28-31-37-43-49-55-61-67-73-88(93)101-79-86(107-89(94)74-68-62-56-50-44-38-32-29-26-25-27-30-35-40-46-52-58-64-70-82(3)4)81-105-109(98,99)103-77-84(91)76-102-108(96,97)104-80-85(78-100-87(92)72-66-60-54-48-42-20-18-16-14-12-10-8-2)106-90(95)75-69-63-57-51-45-39-34-33-36-41-47-53-59-65-71-83(5)6/h82-86,91H,7-81H2,1-6H3,(H,96,97)(H,98,99)/t84-,85+,86+/m0/s1. The van der Waals surface area contributed by atoms with Gasteiger partial charge >= 0.3 is 39.5 Å². The molecule has 0 aromatic rings. The van der Waals surface area contributed by atoms with Crippen molar-refractivity contribution in [1.82, 2.24) is 0 Å². The molecule has 0 fully saturated rings. The lowest BCUT2D eigenvalue weighted by Crippen LogP contribution is -2.30. The molecule has 2 unspecified atom stereocenters. The zero-order chi connectivity index (χ0) is 79.9. The van der Waals surface area contributed by atoms with E-state index in [4.69, 9.17) is 37.0 Å². The molecule has 5 atom stereocenters. The summed E-state index contributed by atoms with van der Waals surface area (Å²) in [6, 6.07) is 0. The van der Waals surface area contributed by atoms with Crippen LogP contribution in [0.15, 0.2) is 0 Å². The van der Waals surface area contributed by atoms with Crippen molar-refractivity contribution in [1.29, 1.82) is 0 Å². The van der Waals surface area contributed by atoms with E-state index in [2.05, 4.69) is 41.5 Å². The minimum absolute atomic E-state index is 0.108. The van der Waals surface area contributed by atoms with Crippen LogP contribution in [0.5, 0.6) is 0 Å². The molecule has 0 heterocycles. The average Bonchev–Trinajstić information content (AvgIpc) is 0.899. The van der Waals surface area contributed by atoms with E-state index in [9.17, 15) is 43.2 Å². The lowest BCUT2D eigenvalue weighted by molar-refractivity contribution is -0.161. The fourth-order valence-electron chi connectivity index (χ4n) is 14.1. The van der Waals surface area contributed by atoms with E-state index in [1.54, 1.807) is 0 Å². The maximum absolute atomic E-state index is 13.2. The average molecular weight is 1590 g/mol. The molecule has 0 saturated heterocycles. The fourth-order valence-corrected chi connectivity index (χ4v) is 15.7. The number of unbranched alkanes of at least 4 members (excludes halogenated alkanes) is 59. The largest absolute Gasteiger partial charge is 0.472 e. The van der Waals surface area contributed by atoms with Gasteiger partial charge in [0.25, 0.3) is 0 Å². The number of carbonyl (C=O) groups excluding carboxylic acids is 4. The van der Waals surface area contributed by atoms with Crippen molar-refractivity contribution in [3.8, 4) is 0 Å². The summed E-state index contributed by atoms with van der Waals surface area (Å²) in [6.45, 7) is 9.76. The molecule has 0 amide bonds. The van der Waals surface area contributed by atoms with Gasteiger partial charge in [-0.05, 0) is 37.5 Å². The molecule has 0 rings (SSSR count). The molecule has 0 saturated carbocycles. The van der Waals surface area contributed by atoms with Crippen LogP contribution in [-0.2, 0) is 65.4 Å². The van der Waals surface area contributed by atoms with Crippen molar-refractivity contribution in [2.45, 2.75) is 503 Å². The number of rotatable bonds is 89. The predicted molar refractivity (Wildman–Crippen MR) is 451 cm³/mol. The van der Waals surface area contributed by atoms with Crippen LogP contribution < -0.4 is 0 Å². The maximum atomic E-state index is 13.2. The number of ether oxygens (including phenoxy) is 4. The Kier molecular flexibility index (Phi) is 79.8. The Balaban J connectivity index is 5.25. The Morgan fingerprint density at radius 3 is 0.624 bits per heavy atom. The lowest BCUT2D eigenvalue weighted by atomic mass is 10.0. The van der Waals surface area contributed by atoms with Gasteiger partial charge in [-0.3, -0.25) is 37.3 Å². The van der Waals surface area contributed by atoms with Crippen LogP contribution in [-0.4, -0.2) is 96.7 Å². The summed E-state index contributed by atoms with van der Waals surface area (Å²) in [6.07, 6.45) is 75.0. The summed E-state index contributed by atoms with van der Waals surface area (Å²) >= 11 is 0. The molecule has 0 aliphatic carbocycles. The second kappa shape index (κ2) is 81.2. The van der Waals surface area contributed by atoms with Crippen LogP contribution in [0.4, 0.5) is 0 Å². The Bertz CT molecular complexity index is 2080. The van der Waals surface area contributed by atoms with Gasteiger partial charge < -0.3 is 33.8 Å². The Morgan fingerprint density at radius 2 is 0.422 bits per heavy atom. The van der Waals surface area contributed by atoms with Crippen molar-refractivity contribution in [2.24, 2.45) is 11.8 Å². The van der Waals surface area contributed by atoms with E-state index in [0.717, 1.165) is 102 Å². The SMILES string of the molecule is CCCCCCCCCCCCCCCCCCCCCC(=O)OC[C@H](COP(=O)(O)OC[C@@H](O)COP(=O)(O)OC[C@@H](COC(=O)CCCCCCCCCCCCCC)OC(=O)CCCCCCCCCCCCCCCCC(C)C)OC(=O)CCCCCCCCCCCCCCCCCCCCC(C)C. The lowest BCUT2D eigenvalue weighted by Gasteiger charge is -2.21. The van der Waals surface area contributed by atoms with Gasteiger partial charge in [0, 0.05) is 25.7 Å². The van der Waals surface area contributed by atoms with Crippen LogP contribution in [0.25, 0.3) is 0 Å². The van der Waals surface area contributed by atoms with Gasteiger partial charge in [0.1, 0.15) is 19.3 Å². The number of phosphoric acid groups is 2. The van der Waals surface area contributed by atoms with Gasteiger partial charge in [-0.2, -0.15) is 0 Å². The Hall–Kier alpha value is -1.94. The van der Waals surface area contributed by atoms with E-state index in [1.807, 2.05) is 0 Å². The third-order valence-corrected chi connectivity index (χ3v) is 23.1. The number of hydrogen-bond donors (Lipinski definition) is 3. The van der Waals surface area contributed by atoms with Gasteiger partial charge in [-0.15, -0.1) is 0 Å². The molecule has 0 aromatic heterocycles. The monoisotopic (exact) mass is 1590 g/mol. The second-order valence-electron chi connectivity index (χ2n) is 33.3. The second-order valence-corrected chi connectivity index (χ2v) is 36.2. The molecule has 19 heteroatoms. The van der Waals surface area contributed by atoms with Crippen molar-refractivity contribution in [3.63, 3.8) is 0 Å². The topological polar surface area (TPSA) is 237 Å². The Morgan fingerprint density at radius 1 is 0.248 bits per heavy atom. The molecule has 0 aromatic carbocycles. The van der Waals surface area contributed by atoms with Gasteiger partial charge in [-0.25, -0.2) is 9.13 Å². The van der Waals surface area contributed by atoms with Gasteiger partial charge in [0.15, 0.2) is 12.2 Å². The van der Waals surface area contributed by atoms with Gasteiger partial charge in [0.05, 0.1) is 26.4 Å². The first kappa shape index (κ1) is 107. The zero-order valence-electron chi connectivity index (χ0n) is 71.9. The van der Waals surface area contributed by atoms with Crippen LogP contribution in [0.2, 0.25) is 0 Å². The van der Waals surface area contributed by atoms with Crippen molar-refractivity contribution < 1.29 is 80.2 Å². The van der Waals surface area contributed by atoms with E-state index < -0.39 is 97.5 Å². The minimum atomic E-state index is -4.97. The first-order valence-electron chi connectivity index (χ1n) is 46.5. The number of aliphatic hydroxyl groups excluding tert-OH is 1. The van der Waals surface area contributed by atoms with E-state index >= 15 is 0 Å². The fraction of sp³-hybridized carbons (Fsp3) is 0.956. The Labute approximate surface area is 670 Å². The number of carbonyl (C=O) groups is 4. The van der Waals surface area contributed by atoms with Crippen LogP contribution in [0.1, 0.15) is 485 Å². The van der Waals surface area contributed by atoms with Crippen molar-refractivity contribution in [3.05, 3.63) is 0 Å². The summed E-state index contributed by atoms with van der Waals surface area (Å²) in [7, 11) is -9.93. The molecular weight excluding hydrogens is 1410 g/mol. The molecule has 0 radical (unpaired) electrons. The quantitative estimate of drug-likeness (QED) is 0.0222. The number of hydrogen-bond acceptors (Lipinski definition) is 15. The summed E-state index contributed by atoms with van der Waals surface area (Å²) in [4.78, 5) is 73.4. The first-order chi connectivity index (χ1) is 52.9. The maximum Gasteiger partial charge on any atom is 0.472 e. The molecule has 0 spiro atoms. The summed E-state index contributed by atoms with van der Waals surface area (Å²) in [5.41, 5.74) is 0. The minimum Gasteiger partial charge on any atom is -0.462 e. The molecule has 17 nitrogen and oxygen atoms in total. The number of aliphatic hydroxyl groups is 1. The third kappa shape index (κ3) is 83.8. The molecule has 0 aliphatic heterocycles. The molecule has 0 aliphatic rings. The van der Waals surface area contributed by atoms with E-state index in [0.29, 0.717) is 25.7 Å². The molecule has 648 valence electrons. The summed E-state index contributed by atoms with van der Waals surface area (Å²) in [5, 5.41) is 10.7. The van der Waals surface area contributed by atoms with Crippen LogP contribution >= 0.6 is 15.6 Å². The number of phosphoric ester groups is 2. The van der Waals surface area contributed by atoms with Crippen molar-refractivity contribution >= 4 is 39.5 Å². The van der Waals surface area contributed by atoms with Gasteiger partial charge in [-0.1, -0.05) is 433 Å². The zero-order valence-corrected chi connectivity index (χ0v) is 73.7. The smallest absolute Gasteiger partial charge is 0.462 e. The van der Waals surface area contributed by atoms with Crippen molar-refractivity contribution in [2.75, 3.05) is 39.6 Å². The highest BCUT2D eigenvalue weighted by Crippen LogP contribution is 2.45. The molecule has 3 N–H and O–H groups in total. The predicted octanol–water partition coefficient (Wildman–Crippen LogP) is 27.8. The van der Waals surface area contributed by atoms with Crippen LogP contribution in [0.3, 0.4) is 0 Å². The van der Waals surface area contributed by atoms with E-state index in [1.165, 1.54) is 302 Å². The van der Waals surface area contributed by atoms with E-state index in [-0.39, 0.29) is 25.7 Å². The highest BCUT2D eigenvalue weighted by Gasteiger charge is 2.31.